The second-order valence-corrected chi connectivity index (χ2v) is 4.41. The Hall–Kier alpha value is -1.70. The van der Waals surface area contributed by atoms with Crippen molar-refractivity contribution in [2.24, 2.45) is 0 Å². The van der Waals surface area contributed by atoms with Crippen LogP contribution < -0.4 is 10.4 Å². The third-order valence-electron chi connectivity index (χ3n) is 3.15. The highest BCUT2D eigenvalue weighted by Crippen LogP contribution is 2.22. The lowest BCUT2D eigenvalue weighted by molar-refractivity contribution is 1.13. The molecule has 2 heteroatoms. The van der Waals surface area contributed by atoms with Crippen LogP contribution in [-0.4, -0.2) is 14.9 Å². The van der Waals surface area contributed by atoms with Gasteiger partial charge >= 0.3 is 0 Å². The van der Waals surface area contributed by atoms with Crippen molar-refractivity contribution in [2.75, 3.05) is 11.9 Å². The number of benzene rings is 2. The first-order chi connectivity index (χ1) is 8.20. The van der Waals surface area contributed by atoms with Gasteiger partial charge in [-0.25, -0.2) is 0 Å². The normalized spacial score (nSPS) is 10.2. The lowest BCUT2D eigenvalue weighted by atomic mass is 9.96. The summed E-state index contributed by atoms with van der Waals surface area (Å²) in [5.41, 5.74) is 5.13. The van der Waals surface area contributed by atoms with Crippen LogP contribution >= 0.6 is 0 Å². The number of hydrogen-bond acceptors (Lipinski definition) is 1. The molecule has 0 saturated carbocycles. The minimum Gasteiger partial charge on any atom is -0.345 e. The predicted molar refractivity (Wildman–Crippen MR) is 78.5 cm³/mol. The number of nitrogens with zero attached hydrogens (tertiary/aromatic N) is 1. The number of rotatable bonds is 3. The molecular formula is C15H18BN. The van der Waals surface area contributed by atoms with Crippen molar-refractivity contribution in [3.63, 3.8) is 0 Å². The fourth-order valence-electron chi connectivity index (χ4n) is 1.87. The molecular weight excluding hydrogens is 205 g/mol. The number of anilines is 2. The highest BCUT2D eigenvalue weighted by molar-refractivity contribution is 6.32. The first kappa shape index (κ1) is 11.8. The lowest BCUT2D eigenvalue weighted by Crippen LogP contribution is -2.11. The average molecular weight is 223 g/mol. The van der Waals surface area contributed by atoms with Crippen LogP contribution in [0.3, 0.4) is 0 Å². The summed E-state index contributed by atoms with van der Waals surface area (Å²) in [6, 6.07) is 17.3. The molecule has 2 rings (SSSR count). The van der Waals surface area contributed by atoms with Gasteiger partial charge in [0.05, 0.1) is 0 Å². The Morgan fingerprint density at radius 2 is 1.35 bits per heavy atom. The van der Waals surface area contributed by atoms with Gasteiger partial charge < -0.3 is 4.90 Å². The van der Waals surface area contributed by atoms with Gasteiger partial charge in [-0.05, 0) is 36.2 Å². The van der Waals surface area contributed by atoms with E-state index in [0.29, 0.717) is 0 Å². The monoisotopic (exact) mass is 223 g/mol. The van der Waals surface area contributed by atoms with E-state index in [1.54, 1.807) is 0 Å². The van der Waals surface area contributed by atoms with E-state index in [1.165, 1.54) is 22.4 Å². The molecule has 17 heavy (non-hydrogen) atoms. The average Bonchev–Trinajstić information content (AvgIpc) is 2.39. The molecule has 0 aliphatic heterocycles. The first-order valence-corrected chi connectivity index (χ1v) is 6.10. The molecule has 0 fully saturated rings. The second kappa shape index (κ2) is 5.09. The highest BCUT2D eigenvalue weighted by atomic mass is 15.1. The van der Waals surface area contributed by atoms with Crippen LogP contribution in [0.15, 0.2) is 48.5 Å². The molecule has 2 aromatic carbocycles. The van der Waals surface area contributed by atoms with E-state index in [4.69, 9.17) is 0 Å². The maximum atomic E-state index is 2.21. The van der Waals surface area contributed by atoms with Crippen LogP contribution in [0.5, 0.6) is 0 Å². The molecule has 0 atom stereocenters. The zero-order valence-electron chi connectivity index (χ0n) is 10.8. The van der Waals surface area contributed by atoms with Crippen molar-refractivity contribution in [2.45, 2.75) is 13.3 Å². The molecule has 0 N–H and O–H groups in total. The molecule has 0 heterocycles. The lowest BCUT2D eigenvalue weighted by Gasteiger charge is -2.20. The van der Waals surface area contributed by atoms with Gasteiger partial charge in [-0.15, -0.1) is 0 Å². The standard InChI is InChI=1S/C15H18BN/c1-3-12-4-8-14(9-5-12)17(2)15-10-6-13(16)7-11-15/h4-11H,3,16H2,1-2H3. The molecule has 0 aliphatic rings. The second-order valence-electron chi connectivity index (χ2n) is 4.41. The summed E-state index contributed by atoms with van der Waals surface area (Å²) in [6.07, 6.45) is 1.09. The van der Waals surface area contributed by atoms with E-state index in [2.05, 4.69) is 75.2 Å². The van der Waals surface area contributed by atoms with Crippen molar-refractivity contribution in [3.8, 4) is 0 Å². The Morgan fingerprint density at radius 3 is 1.82 bits per heavy atom. The molecule has 0 amide bonds. The summed E-state index contributed by atoms with van der Waals surface area (Å²) in [4.78, 5) is 2.21. The van der Waals surface area contributed by atoms with Crippen LogP contribution in [0.2, 0.25) is 0 Å². The number of hydrogen-bond donors (Lipinski definition) is 0. The van der Waals surface area contributed by atoms with Gasteiger partial charge in [-0.3, -0.25) is 0 Å². The number of aryl methyl sites for hydroxylation is 1. The van der Waals surface area contributed by atoms with Gasteiger partial charge in [0.1, 0.15) is 7.85 Å². The van der Waals surface area contributed by atoms with E-state index >= 15 is 0 Å². The summed E-state index contributed by atoms with van der Waals surface area (Å²) in [7, 11) is 4.21. The third-order valence-corrected chi connectivity index (χ3v) is 3.15. The smallest absolute Gasteiger partial charge is 0.139 e. The van der Waals surface area contributed by atoms with Crippen molar-refractivity contribution in [1.29, 1.82) is 0 Å². The summed E-state index contributed by atoms with van der Waals surface area (Å²) < 4.78 is 0. The van der Waals surface area contributed by atoms with E-state index in [-0.39, 0.29) is 0 Å². The fourth-order valence-corrected chi connectivity index (χ4v) is 1.87. The quantitative estimate of drug-likeness (QED) is 0.721. The highest BCUT2D eigenvalue weighted by Gasteiger charge is 2.02. The van der Waals surface area contributed by atoms with E-state index in [0.717, 1.165) is 6.42 Å². The SMILES string of the molecule is Bc1ccc(N(C)c2ccc(CC)cc2)cc1. The van der Waals surface area contributed by atoms with Crippen LogP contribution in [0.1, 0.15) is 12.5 Å². The molecule has 1 nitrogen and oxygen atoms in total. The van der Waals surface area contributed by atoms with Gasteiger partial charge in [0.15, 0.2) is 0 Å². The Kier molecular flexibility index (Phi) is 3.53. The minimum absolute atomic E-state index is 1.09. The third kappa shape index (κ3) is 2.70. The first-order valence-electron chi connectivity index (χ1n) is 6.10. The summed E-state index contributed by atoms with van der Waals surface area (Å²) >= 11 is 0. The van der Waals surface area contributed by atoms with Crippen molar-refractivity contribution in [1.82, 2.24) is 0 Å². The molecule has 0 unspecified atom stereocenters. The largest absolute Gasteiger partial charge is 0.345 e. The molecule has 86 valence electrons. The van der Waals surface area contributed by atoms with Crippen molar-refractivity contribution < 1.29 is 0 Å². The summed E-state index contributed by atoms with van der Waals surface area (Å²) in [5, 5.41) is 0. The van der Waals surface area contributed by atoms with Gasteiger partial charge in [0.2, 0.25) is 0 Å². The molecule has 0 radical (unpaired) electrons. The van der Waals surface area contributed by atoms with Crippen LogP contribution in [0.4, 0.5) is 11.4 Å². The van der Waals surface area contributed by atoms with Gasteiger partial charge in [0, 0.05) is 18.4 Å². The Bertz CT molecular complexity index is 473. The van der Waals surface area contributed by atoms with Crippen molar-refractivity contribution >= 4 is 24.7 Å². The molecule has 0 bridgehead atoms. The van der Waals surface area contributed by atoms with Gasteiger partial charge in [0.25, 0.3) is 0 Å². The zero-order valence-corrected chi connectivity index (χ0v) is 10.8. The Morgan fingerprint density at radius 1 is 0.882 bits per heavy atom. The van der Waals surface area contributed by atoms with E-state index in [9.17, 15) is 0 Å². The Balaban J connectivity index is 2.23. The molecule has 0 aliphatic carbocycles. The fraction of sp³-hybridized carbons (Fsp3) is 0.200. The predicted octanol–water partition coefficient (Wildman–Crippen LogP) is 2.28. The van der Waals surface area contributed by atoms with Crippen LogP contribution in [-0.2, 0) is 6.42 Å². The topological polar surface area (TPSA) is 3.24 Å². The summed E-state index contributed by atoms with van der Waals surface area (Å²) in [5.74, 6) is 0. The minimum atomic E-state index is 1.09. The molecule has 2 aromatic rings. The van der Waals surface area contributed by atoms with Gasteiger partial charge in [-0.2, -0.15) is 0 Å². The maximum Gasteiger partial charge on any atom is 0.139 e. The maximum absolute atomic E-state index is 2.21. The zero-order chi connectivity index (χ0) is 12.3. The molecule has 0 spiro atoms. The van der Waals surface area contributed by atoms with Crippen molar-refractivity contribution in [3.05, 3.63) is 54.1 Å². The van der Waals surface area contributed by atoms with E-state index < -0.39 is 0 Å². The van der Waals surface area contributed by atoms with Crippen LogP contribution in [0.25, 0.3) is 0 Å². The van der Waals surface area contributed by atoms with E-state index in [1.807, 2.05) is 0 Å². The summed E-state index contributed by atoms with van der Waals surface area (Å²) in [6.45, 7) is 2.18. The molecule has 0 aromatic heterocycles. The van der Waals surface area contributed by atoms with Crippen LogP contribution in [0, 0.1) is 0 Å². The Labute approximate surface area is 104 Å². The van der Waals surface area contributed by atoms with Gasteiger partial charge in [-0.1, -0.05) is 36.7 Å². The molecule has 0 saturated heterocycles.